The van der Waals surface area contributed by atoms with Gasteiger partial charge in [0.1, 0.15) is 0 Å². The average molecular weight is 229 g/mol. The number of nitrogens with one attached hydrogen (secondary N) is 1. The van der Waals surface area contributed by atoms with Gasteiger partial charge in [0.25, 0.3) is 0 Å². The van der Waals surface area contributed by atoms with Crippen LogP contribution in [0.15, 0.2) is 0 Å². The van der Waals surface area contributed by atoms with E-state index in [1.807, 2.05) is 13.8 Å². The molecule has 0 aliphatic carbocycles. The summed E-state index contributed by atoms with van der Waals surface area (Å²) in [6.07, 6.45) is 0. The normalized spacial score (nSPS) is 12.8. The second-order valence-corrected chi connectivity index (χ2v) is 4.55. The fourth-order valence-electron chi connectivity index (χ4n) is 1.29. The van der Waals surface area contributed by atoms with E-state index in [9.17, 15) is 9.59 Å². The van der Waals surface area contributed by atoms with E-state index in [4.69, 9.17) is 0 Å². The van der Waals surface area contributed by atoms with E-state index in [-0.39, 0.29) is 30.4 Å². The van der Waals surface area contributed by atoms with Gasteiger partial charge >= 0.3 is 0 Å². The minimum Gasteiger partial charge on any atom is -0.353 e. The molecule has 16 heavy (non-hydrogen) atoms. The van der Waals surface area contributed by atoms with Crippen LogP contribution in [0.4, 0.5) is 0 Å². The van der Waals surface area contributed by atoms with Crippen LogP contribution < -0.4 is 5.32 Å². The van der Waals surface area contributed by atoms with Gasteiger partial charge in [0.15, 0.2) is 0 Å². The van der Waals surface area contributed by atoms with Crippen molar-refractivity contribution in [3.63, 3.8) is 0 Å². The van der Waals surface area contributed by atoms with Crippen LogP contribution >= 0.6 is 0 Å². The number of amides is 2. The summed E-state index contributed by atoms with van der Waals surface area (Å²) in [6, 6.07) is -0.159. The van der Waals surface area contributed by atoms with Gasteiger partial charge in [-0.2, -0.15) is 0 Å². The summed E-state index contributed by atoms with van der Waals surface area (Å²) < 4.78 is 0. The minimum absolute atomic E-state index is 0.000142. The molecule has 0 saturated carbocycles. The molecular formula is C11H23N3O2. The first-order chi connectivity index (χ1) is 7.25. The zero-order chi connectivity index (χ0) is 12.9. The Bertz CT molecular complexity index is 252. The molecule has 2 amide bonds. The molecule has 0 aromatic heterocycles. The molecule has 0 aromatic carbocycles. The fraction of sp³-hybridized carbons (Fsp3) is 0.818. The Morgan fingerprint density at radius 3 is 2.00 bits per heavy atom. The van der Waals surface area contributed by atoms with Crippen LogP contribution in [0.2, 0.25) is 0 Å². The van der Waals surface area contributed by atoms with Crippen molar-refractivity contribution in [2.24, 2.45) is 0 Å². The Morgan fingerprint density at radius 1 is 1.12 bits per heavy atom. The summed E-state index contributed by atoms with van der Waals surface area (Å²) in [5.74, 6) is -0.0595. The summed E-state index contributed by atoms with van der Waals surface area (Å²) in [4.78, 5) is 26.4. The Balaban J connectivity index is 4.20. The van der Waals surface area contributed by atoms with Gasteiger partial charge in [0, 0.05) is 20.1 Å². The second-order valence-electron chi connectivity index (χ2n) is 4.55. The van der Waals surface area contributed by atoms with Gasteiger partial charge < -0.3 is 10.2 Å². The largest absolute Gasteiger partial charge is 0.353 e. The Labute approximate surface area is 97.8 Å². The molecule has 0 aromatic rings. The van der Waals surface area contributed by atoms with E-state index in [1.165, 1.54) is 4.90 Å². The third-order valence-corrected chi connectivity index (χ3v) is 2.30. The molecule has 1 atom stereocenters. The van der Waals surface area contributed by atoms with Crippen LogP contribution in [0.3, 0.4) is 0 Å². The number of likely N-dealkylation sites (N-methyl/N-ethyl adjacent to an activating group) is 2. The lowest BCUT2D eigenvalue weighted by Gasteiger charge is -2.26. The number of carbonyl (C=O) groups excluding carboxylic acids is 2. The molecule has 1 N–H and O–H groups in total. The molecule has 0 saturated heterocycles. The van der Waals surface area contributed by atoms with Crippen molar-refractivity contribution in [1.29, 1.82) is 0 Å². The summed E-state index contributed by atoms with van der Waals surface area (Å²) in [5.41, 5.74) is 0. The van der Waals surface area contributed by atoms with Crippen LogP contribution in [0.5, 0.6) is 0 Å². The van der Waals surface area contributed by atoms with Gasteiger partial charge in [0.2, 0.25) is 11.8 Å². The lowest BCUT2D eigenvalue weighted by Crippen LogP contribution is -2.47. The van der Waals surface area contributed by atoms with Crippen molar-refractivity contribution in [3.8, 4) is 0 Å². The number of rotatable bonds is 5. The van der Waals surface area contributed by atoms with E-state index in [2.05, 4.69) is 5.32 Å². The average Bonchev–Trinajstić information content (AvgIpc) is 2.13. The van der Waals surface area contributed by atoms with Gasteiger partial charge in [-0.3, -0.25) is 14.5 Å². The monoisotopic (exact) mass is 229 g/mol. The molecular weight excluding hydrogens is 206 g/mol. The predicted molar refractivity (Wildman–Crippen MR) is 64.1 cm³/mol. The summed E-state index contributed by atoms with van der Waals surface area (Å²) in [7, 11) is 5.19. The van der Waals surface area contributed by atoms with Crippen molar-refractivity contribution in [1.82, 2.24) is 15.1 Å². The number of carbonyl (C=O) groups is 2. The maximum Gasteiger partial charge on any atom is 0.239 e. The maximum atomic E-state index is 11.6. The van der Waals surface area contributed by atoms with Gasteiger partial charge in [-0.05, 0) is 27.8 Å². The van der Waals surface area contributed by atoms with E-state index in [1.54, 1.807) is 33.0 Å². The van der Waals surface area contributed by atoms with Crippen molar-refractivity contribution < 1.29 is 9.59 Å². The molecule has 0 heterocycles. The van der Waals surface area contributed by atoms with Crippen molar-refractivity contribution >= 4 is 11.8 Å². The number of hydrogen-bond acceptors (Lipinski definition) is 3. The molecule has 5 nitrogen and oxygen atoms in total. The SMILES string of the molecule is CC(C)NC(=O)CN(C)C(C)C(=O)N(C)C. The standard InChI is InChI=1S/C11H23N3O2/c1-8(2)12-10(15)7-14(6)9(3)11(16)13(4)5/h8-9H,7H2,1-6H3,(H,12,15). The Kier molecular flexibility index (Phi) is 6.03. The smallest absolute Gasteiger partial charge is 0.239 e. The molecule has 94 valence electrons. The topological polar surface area (TPSA) is 52.7 Å². The van der Waals surface area contributed by atoms with E-state index in [0.717, 1.165) is 0 Å². The van der Waals surface area contributed by atoms with E-state index < -0.39 is 0 Å². The van der Waals surface area contributed by atoms with Crippen molar-refractivity contribution in [2.75, 3.05) is 27.7 Å². The Morgan fingerprint density at radius 2 is 1.62 bits per heavy atom. The summed E-state index contributed by atoms with van der Waals surface area (Å²) in [6.45, 7) is 5.85. The maximum absolute atomic E-state index is 11.6. The summed E-state index contributed by atoms with van der Waals surface area (Å²) >= 11 is 0. The zero-order valence-corrected chi connectivity index (χ0v) is 11.1. The third kappa shape index (κ3) is 5.11. The predicted octanol–water partition coefficient (Wildman–Crippen LogP) is -0.0805. The molecule has 0 fully saturated rings. The molecule has 0 spiro atoms. The van der Waals surface area contributed by atoms with Crippen LogP contribution in [0, 0.1) is 0 Å². The molecule has 0 rings (SSSR count). The van der Waals surface area contributed by atoms with Gasteiger partial charge in [-0.1, -0.05) is 0 Å². The lowest BCUT2D eigenvalue weighted by molar-refractivity contribution is -0.134. The summed E-state index contributed by atoms with van der Waals surface area (Å²) in [5, 5.41) is 2.79. The quantitative estimate of drug-likeness (QED) is 0.717. The highest BCUT2D eigenvalue weighted by atomic mass is 16.2. The minimum atomic E-state index is -0.284. The molecule has 0 aliphatic rings. The van der Waals surface area contributed by atoms with Crippen LogP contribution in [-0.4, -0.2) is 61.4 Å². The molecule has 5 heteroatoms. The molecule has 0 bridgehead atoms. The first-order valence-corrected chi connectivity index (χ1v) is 5.46. The van der Waals surface area contributed by atoms with E-state index in [0.29, 0.717) is 0 Å². The zero-order valence-electron chi connectivity index (χ0n) is 11.1. The highest BCUT2D eigenvalue weighted by Crippen LogP contribution is 1.98. The van der Waals surface area contributed by atoms with Crippen molar-refractivity contribution in [2.45, 2.75) is 32.9 Å². The highest BCUT2D eigenvalue weighted by Gasteiger charge is 2.21. The molecule has 0 radical (unpaired) electrons. The highest BCUT2D eigenvalue weighted by molar-refractivity contribution is 5.83. The number of nitrogens with zero attached hydrogens (tertiary/aromatic N) is 2. The van der Waals surface area contributed by atoms with E-state index >= 15 is 0 Å². The van der Waals surface area contributed by atoms with Crippen LogP contribution in [-0.2, 0) is 9.59 Å². The first kappa shape index (κ1) is 14.9. The van der Waals surface area contributed by atoms with Gasteiger partial charge in [-0.15, -0.1) is 0 Å². The first-order valence-electron chi connectivity index (χ1n) is 5.46. The van der Waals surface area contributed by atoms with Crippen LogP contribution in [0.1, 0.15) is 20.8 Å². The van der Waals surface area contributed by atoms with Gasteiger partial charge in [-0.25, -0.2) is 0 Å². The fourth-order valence-corrected chi connectivity index (χ4v) is 1.29. The second kappa shape index (κ2) is 6.48. The number of hydrogen-bond donors (Lipinski definition) is 1. The van der Waals surface area contributed by atoms with Crippen molar-refractivity contribution in [3.05, 3.63) is 0 Å². The molecule has 0 aliphatic heterocycles. The lowest BCUT2D eigenvalue weighted by atomic mass is 10.2. The van der Waals surface area contributed by atoms with Gasteiger partial charge in [0.05, 0.1) is 12.6 Å². The third-order valence-electron chi connectivity index (χ3n) is 2.30. The Hall–Kier alpha value is -1.10. The van der Waals surface area contributed by atoms with Crippen LogP contribution in [0.25, 0.3) is 0 Å². The molecule has 1 unspecified atom stereocenters.